The Morgan fingerprint density at radius 3 is 1.40 bits per heavy atom. The molecule has 0 aromatic rings. The maximum atomic E-state index is 13.0. The van der Waals surface area contributed by atoms with Gasteiger partial charge in [0.05, 0.1) is 14.2 Å². The highest BCUT2D eigenvalue weighted by atomic mass is 19.1. The SMILES string of the molecule is CCC(OC(CC)=C(F)OC)=C(F)OC. The van der Waals surface area contributed by atoms with E-state index < -0.39 is 12.0 Å². The molecule has 0 saturated heterocycles. The third-order valence-electron chi connectivity index (χ3n) is 1.69. The van der Waals surface area contributed by atoms with Gasteiger partial charge in [-0.15, -0.1) is 0 Å². The minimum Gasteiger partial charge on any atom is -0.472 e. The Morgan fingerprint density at radius 1 is 0.867 bits per heavy atom. The summed E-state index contributed by atoms with van der Waals surface area (Å²) < 4.78 is 39.8. The minimum atomic E-state index is -0.854. The first-order valence-electron chi connectivity index (χ1n) is 4.63. The molecule has 0 aliphatic heterocycles. The van der Waals surface area contributed by atoms with Crippen LogP contribution in [0.2, 0.25) is 0 Å². The molecule has 0 unspecified atom stereocenters. The Balaban J connectivity index is 4.82. The topological polar surface area (TPSA) is 27.7 Å². The van der Waals surface area contributed by atoms with Crippen molar-refractivity contribution < 1.29 is 23.0 Å². The maximum absolute atomic E-state index is 13.0. The second-order valence-corrected chi connectivity index (χ2v) is 2.61. The molecule has 0 N–H and O–H groups in total. The Labute approximate surface area is 88.3 Å². The summed E-state index contributed by atoms with van der Waals surface area (Å²) in [6.07, 6.45) is 0.528. The normalized spacial score (nSPS) is 14.0. The summed E-state index contributed by atoms with van der Waals surface area (Å²) in [6, 6.07) is -1.71. The molecule has 0 aliphatic rings. The van der Waals surface area contributed by atoms with Gasteiger partial charge in [-0.05, 0) is 0 Å². The van der Waals surface area contributed by atoms with Crippen LogP contribution in [-0.2, 0) is 14.2 Å². The first-order chi connectivity index (χ1) is 7.10. The van der Waals surface area contributed by atoms with E-state index in [0.29, 0.717) is 0 Å². The first-order valence-corrected chi connectivity index (χ1v) is 4.63. The van der Waals surface area contributed by atoms with Crippen LogP contribution in [0.15, 0.2) is 23.5 Å². The van der Waals surface area contributed by atoms with Crippen molar-refractivity contribution in [2.24, 2.45) is 0 Å². The van der Waals surface area contributed by atoms with Gasteiger partial charge in [-0.1, -0.05) is 13.8 Å². The van der Waals surface area contributed by atoms with E-state index in [0.717, 1.165) is 0 Å². The smallest absolute Gasteiger partial charge is 0.311 e. The van der Waals surface area contributed by atoms with E-state index in [2.05, 4.69) is 9.47 Å². The van der Waals surface area contributed by atoms with E-state index in [4.69, 9.17) is 4.74 Å². The molecule has 0 rings (SSSR count). The zero-order valence-electron chi connectivity index (χ0n) is 9.39. The number of rotatable bonds is 6. The summed E-state index contributed by atoms with van der Waals surface area (Å²) in [5.74, 6) is -0.108. The molecular weight excluding hydrogens is 206 g/mol. The summed E-state index contributed by atoms with van der Waals surface area (Å²) in [7, 11) is 2.35. The fraction of sp³-hybridized carbons (Fsp3) is 0.600. The van der Waals surface area contributed by atoms with Crippen LogP contribution in [0.25, 0.3) is 0 Å². The lowest BCUT2D eigenvalue weighted by Crippen LogP contribution is -1.99. The van der Waals surface area contributed by atoms with Gasteiger partial charge in [0.2, 0.25) is 0 Å². The van der Waals surface area contributed by atoms with E-state index in [1.165, 1.54) is 14.2 Å². The molecule has 0 aliphatic carbocycles. The number of ether oxygens (including phenoxy) is 3. The summed E-state index contributed by atoms with van der Waals surface area (Å²) in [6.45, 7) is 3.35. The van der Waals surface area contributed by atoms with Gasteiger partial charge >= 0.3 is 12.0 Å². The molecule has 0 bridgehead atoms. The Kier molecular flexibility index (Phi) is 6.49. The fourth-order valence-electron chi connectivity index (χ4n) is 0.879. The van der Waals surface area contributed by atoms with E-state index in [9.17, 15) is 8.78 Å². The lowest BCUT2D eigenvalue weighted by molar-refractivity contribution is 0.128. The van der Waals surface area contributed by atoms with Crippen molar-refractivity contribution in [3.63, 3.8) is 0 Å². The van der Waals surface area contributed by atoms with Crippen LogP contribution < -0.4 is 0 Å². The molecule has 0 aromatic heterocycles. The zero-order chi connectivity index (χ0) is 11.8. The van der Waals surface area contributed by atoms with Crippen molar-refractivity contribution in [1.82, 2.24) is 0 Å². The monoisotopic (exact) mass is 222 g/mol. The molecular formula is C10H16F2O3. The summed E-state index contributed by atoms with van der Waals surface area (Å²) in [5.41, 5.74) is 0. The highest BCUT2D eigenvalue weighted by molar-refractivity contribution is 5.02. The van der Waals surface area contributed by atoms with Gasteiger partial charge in [0.1, 0.15) is 0 Å². The Hall–Kier alpha value is -1.26. The quantitative estimate of drug-likeness (QED) is 0.645. The van der Waals surface area contributed by atoms with Crippen molar-refractivity contribution in [2.75, 3.05) is 14.2 Å². The average Bonchev–Trinajstić information content (AvgIpc) is 2.28. The number of methoxy groups -OCH3 is 2. The van der Waals surface area contributed by atoms with E-state index in [-0.39, 0.29) is 24.4 Å². The predicted molar refractivity (Wildman–Crippen MR) is 52.0 cm³/mol. The van der Waals surface area contributed by atoms with Crippen molar-refractivity contribution in [2.45, 2.75) is 26.7 Å². The summed E-state index contributed by atoms with van der Waals surface area (Å²) >= 11 is 0. The third-order valence-corrected chi connectivity index (χ3v) is 1.69. The third kappa shape index (κ3) is 4.18. The second kappa shape index (κ2) is 7.09. The molecule has 0 fully saturated rings. The molecule has 0 atom stereocenters. The lowest BCUT2D eigenvalue weighted by Gasteiger charge is -2.11. The molecule has 0 aromatic carbocycles. The average molecular weight is 222 g/mol. The highest BCUT2D eigenvalue weighted by Gasteiger charge is 2.13. The molecule has 0 spiro atoms. The van der Waals surface area contributed by atoms with Gasteiger partial charge in [-0.2, -0.15) is 8.78 Å². The Morgan fingerprint density at radius 2 is 1.20 bits per heavy atom. The summed E-state index contributed by atoms with van der Waals surface area (Å²) in [5, 5.41) is 0. The second-order valence-electron chi connectivity index (χ2n) is 2.61. The van der Waals surface area contributed by atoms with Crippen molar-refractivity contribution in [1.29, 1.82) is 0 Å². The first kappa shape index (κ1) is 13.7. The molecule has 88 valence electrons. The predicted octanol–water partition coefficient (Wildman–Crippen LogP) is 3.39. The van der Waals surface area contributed by atoms with Crippen LogP contribution in [0.3, 0.4) is 0 Å². The van der Waals surface area contributed by atoms with Crippen LogP contribution in [-0.4, -0.2) is 14.2 Å². The van der Waals surface area contributed by atoms with Crippen LogP contribution >= 0.6 is 0 Å². The van der Waals surface area contributed by atoms with Gasteiger partial charge in [0.25, 0.3) is 0 Å². The maximum Gasteiger partial charge on any atom is 0.311 e. The Bertz CT molecular complexity index is 233. The fourth-order valence-corrected chi connectivity index (χ4v) is 0.879. The largest absolute Gasteiger partial charge is 0.472 e. The van der Waals surface area contributed by atoms with E-state index >= 15 is 0 Å². The zero-order valence-corrected chi connectivity index (χ0v) is 9.39. The number of allylic oxidation sites excluding steroid dienone is 2. The van der Waals surface area contributed by atoms with Crippen LogP contribution in [0.1, 0.15) is 26.7 Å². The van der Waals surface area contributed by atoms with Gasteiger partial charge in [-0.3, -0.25) is 0 Å². The molecule has 5 heteroatoms. The molecule has 0 saturated carbocycles. The number of hydrogen-bond donors (Lipinski definition) is 0. The van der Waals surface area contributed by atoms with Gasteiger partial charge in [0.15, 0.2) is 11.5 Å². The highest BCUT2D eigenvalue weighted by Crippen LogP contribution is 2.21. The van der Waals surface area contributed by atoms with Gasteiger partial charge in [-0.25, -0.2) is 0 Å². The number of hydrogen-bond acceptors (Lipinski definition) is 3. The molecule has 0 radical (unpaired) electrons. The van der Waals surface area contributed by atoms with Crippen molar-refractivity contribution >= 4 is 0 Å². The molecule has 0 amide bonds. The van der Waals surface area contributed by atoms with E-state index in [1.54, 1.807) is 13.8 Å². The van der Waals surface area contributed by atoms with Crippen LogP contribution in [0.4, 0.5) is 8.78 Å². The van der Waals surface area contributed by atoms with E-state index in [1.807, 2.05) is 0 Å². The summed E-state index contributed by atoms with van der Waals surface area (Å²) in [4.78, 5) is 0. The standard InChI is InChI=1S/C10H16F2O3/c1-5-7(9(11)13-3)15-8(6-2)10(12)14-4/h5-6H2,1-4H3. The van der Waals surface area contributed by atoms with Crippen LogP contribution in [0.5, 0.6) is 0 Å². The number of halogens is 2. The minimum absolute atomic E-state index is 0.0541. The molecule has 15 heavy (non-hydrogen) atoms. The van der Waals surface area contributed by atoms with Crippen molar-refractivity contribution in [3.05, 3.63) is 23.5 Å². The van der Waals surface area contributed by atoms with Gasteiger partial charge < -0.3 is 14.2 Å². The van der Waals surface area contributed by atoms with Gasteiger partial charge in [0, 0.05) is 12.8 Å². The van der Waals surface area contributed by atoms with Crippen LogP contribution in [0, 0.1) is 0 Å². The lowest BCUT2D eigenvalue weighted by atomic mass is 10.3. The molecule has 0 heterocycles. The molecule has 3 nitrogen and oxygen atoms in total. The van der Waals surface area contributed by atoms with Crippen molar-refractivity contribution in [3.8, 4) is 0 Å².